The summed E-state index contributed by atoms with van der Waals surface area (Å²) in [6.45, 7) is 7.12. The van der Waals surface area contributed by atoms with Crippen LogP contribution < -0.4 is 10.1 Å². The summed E-state index contributed by atoms with van der Waals surface area (Å²) in [5, 5.41) is 14.5. The van der Waals surface area contributed by atoms with Gasteiger partial charge in [-0.2, -0.15) is 0 Å². The van der Waals surface area contributed by atoms with E-state index in [1.165, 1.54) is 0 Å². The van der Waals surface area contributed by atoms with Gasteiger partial charge < -0.3 is 10.1 Å². The van der Waals surface area contributed by atoms with E-state index < -0.39 is 0 Å². The van der Waals surface area contributed by atoms with E-state index >= 15 is 0 Å². The van der Waals surface area contributed by atoms with Crippen LogP contribution in [-0.2, 0) is 0 Å². The SMILES string of the molecule is CCNC(CC)c1nnc(C(C)Oc2cccc(Cl)c2)s1. The molecule has 1 aromatic carbocycles. The fourth-order valence-electron chi connectivity index (χ4n) is 2.00. The number of aromatic nitrogens is 2. The van der Waals surface area contributed by atoms with Gasteiger partial charge in [0.1, 0.15) is 16.9 Å². The molecule has 0 fully saturated rings. The van der Waals surface area contributed by atoms with Gasteiger partial charge in [-0.3, -0.25) is 0 Å². The van der Waals surface area contributed by atoms with Gasteiger partial charge in [0.05, 0.1) is 6.04 Å². The summed E-state index contributed by atoms with van der Waals surface area (Å²) in [7, 11) is 0. The van der Waals surface area contributed by atoms with E-state index in [0.717, 1.165) is 28.7 Å². The summed E-state index contributed by atoms with van der Waals surface area (Å²) in [6.07, 6.45) is 0.847. The van der Waals surface area contributed by atoms with Crippen molar-refractivity contribution in [2.75, 3.05) is 6.54 Å². The number of hydrogen-bond donors (Lipinski definition) is 1. The zero-order chi connectivity index (χ0) is 15.2. The van der Waals surface area contributed by atoms with Crippen LogP contribution in [-0.4, -0.2) is 16.7 Å². The minimum absolute atomic E-state index is 0.145. The zero-order valence-corrected chi connectivity index (χ0v) is 14.0. The zero-order valence-electron chi connectivity index (χ0n) is 12.5. The molecule has 6 heteroatoms. The lowest BCUT2D eigenvalue weighted by molar-refractivity contribution is 0.225. The van der Waals surface area contributed by atoms with E-state index in [0.29, 0.717) is 5.02 Å². The number of rotatable bonds is 7. The molecule has 0 saturated carbocycles. The lowest BCUT2D eigenvalue weighted by Gasteiger charge is -2.12. The Kier molecular flexibility index (Phi) is 5.96. The van der Waals surface area contributed by atoms with Crippen LogP contribution in [0.4, 0.5) is 0 Å². The van der Waals surface area contributed by atoms with E-state index in [9.17, 15) is 0 Å². The second kappa shape index (κ2) is 7.73. The molecule has 0 aliphatic rings. The maximum Gasteiger partial charge on any atom is 0.158 e. The Morgan fingerprint density at radius 1 is 1.29 bits per heavy atom. The van der Waals surface area contributed by atoms with Crippen LogP contribution in [0.5, 0.6) is 5.75 Å². The van der Waals surface area contributed by atoms with Crippen LogP contribution in [0.15, 0.2) is 24.3 Å². The van der Waals surface area contributed by atoms with Gasteiger partial charge in [0.2, 0.25) is 0 Å². The van der Waals surface area contributed by atoms with Crippen LogP contribution in [0, 0.1) is 0 Å². The van der Waals surface area contributed by atoms with Crippen LogP contribution in [0.2, 0.25) is 5.02 Å². The molecule has 0 spiro atoms. The maximum atomic E-state index is 5.96. The molecule has 4 nitrogen and oxygen atoms in total. The van der Waals surface area contributed by atoms with Gasteiger partial charge in [-0.1, -0.05) is 42.9 Å². The Morgan fingerprint density at radius 3 is 2.71 bits per heavy atom. The second-order valence-electron chi connectivity index (χ2n) is 4.71. The van der Waals surface area contributed by atoms with Gasteiger partial charge >= 0.3 is 0 Å². The molecule has 0 aliphatic heterocycles. The highest BCUT2D eigenvalue weighted by atomic mass is 35.5. The number of hydrogen-bond acceptors (Lipinski definition) is 5. The number of benzene rings is 1. The molecule has 2 atom stereocenters. The third-order valence-electron chi connectivity index (χ3n) is 3.07. The molecule has 2 unspecified atom stereocenters. The minimum atomic E-state index is -0.145. The van der Waals surface area contributed by atoms with E-state index in [2.05, 4.69) is 29.4 Å². The van der Waals surface area contributed by atoms with Crippen molar-refractivity contribution in [2.24, 2.45) is 0 Å². The van der Waals surface area contributed by atoms with Crippen molar-refractivity contribution >= 4 is 22.9 Å². The number of nitrogens with zero attached hydrogens (tertiary/aromatic N) is 2. The molecule has 2 rings (SSSR count). The van der Waals surface area contributed by atoms with Gasteiger partial charge in [-0.15, -0.1) is 10.2 Å². The Bertz CT molecular complexity index is 576. The molecule has 2 aromatic rings. The lowest BCUT2D eigenvalue weighted by Crippen LogP contribution is -2.19. The molecule has 0 amide bonds. The van der Waals surface area contributed by atoms with E-state index in [1.54, 1.807) is 17.4 Å². The van der Waals surface area contributed by atoms with Gasteiger partial charge in [0.15, 0.2) is 5.01 Å². The highest BCUT2D eigenvalue weighted by molar-refractivity contribution is 7.11. The first-order chi connectivity index (χ1) is 10.1. The first-order valence-corrected chi connectivity index (χ1v) is 8.32. The quantitative estimate of drug-likeness (QED) is 0.820. The average molecular weight is 326 g/mol. The topological polar surface area (TPSA) is 47.0 Å². The van der Waals surface area contributed by atoms with Gasteiger partial charge in [-0.05, 0) is 38.1 Å². The van der Waals surface area contributed by atoms with Crippen LogP contribution in [0.1, 0.15) is 49.4 Å². The Hall–Kier alpha value is -1.17. The highest BCUT2D eigenvalue weighted by Crippen LogP contribution is 2.28. The van der Waals surface area contributed by atoms with Crippen molar-refractivity contribution in [2.45, 2.75) is 39.3 Å². The van der Waals surface area contributed by atoms with Crippen molar-refractivity contribution in [1.82, 2.24) is 15.5 Å². The van der Waals surface area contributed by atoms with E-state index in [1.807, 2.05) is 25.1 Å². The summed E-state index contributed by atoms with van der Waals surface area (Å²) in [4.78, 5) is 0. The average Bonchev–Trinajstić information content (AvgIpc) is 2.94. The molecule has 1 aromatic heterocycles. The molecule has 1 heterocycles. The van der Waals surface area contributed by atoms with Crippen molar-refractivity contribution in [3.63, 3.8) is 0 Å². The monoisotopic (exact) mass is 325 g/mol. The smallest absolute Gasteiger partial charge is 0.158 e. The highest BCUT2D eigenvalue weighted by Gasteiger charge is 2.18. The van der Waals surface area contributed by atoms with Crippen molar-refractivity contribution in [1.29, 1.82) is 0 Å². The first kappa shape index (κ1) is 16.2. The second-order valence-corrected chi connectivity index (χ2v) is 6.19. The molecule has 21 heavy (non-hydrogen) atoms. The summed E-state index contributed by atoms with van der Waals surface area (Å²) in [5.41, 5.74) is 0. The molecule has 0 radical (unpaired) electrons. The molecule has 0 aliphatic carbocycles. The molecular formula is C15H20ClN3OS. The van der Waals surface area contributed by atoms with E-state index in [4.69, 9.17) is 16.3 Å². The first-order valence-electron chi connectivity index (χ1n) is 7.13. The van der Waals surface area contributed by atoms with Crippen molar-refractivity contribution in [3.05, 3.63) is 39.3 Å². The minimum Gasteiger partial charge on any atom is -0.483 e. The van der Waals surface area contributed by atoms with Gasteiger partial charge in [0, 0.05) is 5.02 Å². The van der Waals surface area contributed by atoms with Crippen LogP contribution in [0.25, 0.3) is 0 Å². The summed E-state index contributed by atoms with van der Waals surface area (Å²) >= 11 is 7.55. The Balaban J connectivity index is 2.06. The van der Waals surface area contributed by atoms with Crippen LogP contribution in [0.3, 0.4) is 0 Å². The van der Waals surface area contributed by atoms with Gasteiger partial charge in [-0.25, -0.2) is 0 Å². The molecule has 0 bridgehead atoms. The Morgan fingerprint density at radius 2 is 2.05 bits per heavy atom. The van der Waals surface area contributed by atoms with Crippen molar-refractivity contribution < 1.29 is 4.74 Å². The molecular weight excluding hydrogens is 306 g/mol. The fourth-order valence-corrected chi connectivity index (χ4v) is 3.16. The molecule has 0 saturated heterocycles. The number of ether oxygens (including phenoxy) is 1. The Labute approximate surface area is 134 Å². The normalized spacial score (nSPS) is 13.9. The standard InChI is InChI=1S/C15H20ClN3OS/c1-4-13(17-5-2)15-19-18-14(21-15)10(3)20-12-8-6-7-11(16)9-12/h6-10,13,17H,4-5H2,1-3H3. The van der Waals surface area contributed by atoms with Gasteiger partial charge in [0.25, 0.3) is 0 Å². The molecule has 1 N–H and O–H groups in total. The summed E-state index contributed by atoms with van der Waals surface area (Å²) in [5.74, 6) is 0.741. The largest absolute Gasteiger partial charge is 0.483 e. The number of halogens is 1. The summed E-state index contributed by atoms with van der Waals surface area (Å²) < 4.78 is 5.87. The van der Waals surface area contributed by atoms with Crippen molar-refractivity contribution in [3.8, 4) is 5.75 Å². The maximum absolute atomic E-state index is 5.96. The lowest BCUT2D eigenvalue weighted by atomic mass is 10.2. The predicted molar refractivity (Wildman–Crippen MR) is 87.1 cm³/mol. The summed E-state index contributed by atoms with van der Waals surface area (Å²) in [6, 6.07) is 7.64. The fraction of sp³-hybridized carbons (Fsp3) is 0.467. The van der Waals surface area contributed by atoms with E-state index in [-0.39, 0.29) is 12.1 Å². The third-order valence-corrected chi connectivity index (χ3v) is 4.50. The van der Waals surface area contributed by atoms with Crippen LogP contribution >= 0.6 is 22.9 Å². The number of nitrogens with one attached hydrogen (secondary N) is 1. The molecule has 114 valence electrons. The predicted octanol–water partition coefficient (Wildman–Crippen LogP) is 4.39. The third kappa shape index (κ3) is 4.40.